The summed E-state index contributed by atoms with van der Waals surface area (Å²) >= 11 is 6.37. The van der Waals surface area contributed by atoms with Gasteiger partial charge in [0.15, 0.2) is 0 Å². The number of amides is 2. The standard InChI is InChI=1S/C29H35ClFN3O2/c1-4-5-16-33(29(36)23-12-14-25(31)15-13-23)21-28(35)34(18-22(2)3)20-26-10-8-17-32(26)19-24-9-6-7-11-27(24)30/h6-15,17,22H,4-5,16,18-21H2,1-3H3. The molecule has 0 unspecified atom stereocenters. The summed E-state index contributed by atoms with van der Waals surface area (Å²) in [6, 6.07) is 17.2. The largest absolute Gasteiger partial charge is 0.345 e. The number of hydrogen-bond acceptors (Lipinski definition) is 2. The third-order valence-corrected chi connectivity index (χ3v) is 6.37. The van der Waals surface area contributed by atoms with E-state index in [0.717, 1.165) is 24.1 Å². The molecule has 2 aromatic carbocycles. The number of benzene rings is 2. The van der Waals surface area contributed by atoms with Gasteiger partial charge in [-0.05, 0) is 60.4 Å². The van der Waals surface area contributed by atoms with Crippen molar-refractivity contribution >= 4 is 23.4 Å². The normalized spacial score (nSPS) is 11.1. The van der Waals surface area contributed by atoms with Crippen molar-refractivity contribution in [1.82, 2.24) is 14.4 Å². The van der Waals surface area contributed by atoms with Crippen LogP contribution in [0.1, 0.15) is 55.2 Å². The Bertz CT molecular complexity index is 1140. The fourth-order valence-electron chi connectivity index (χ4n) is 4.09. The molecule has 2 amide bonds. The molecular formula is C29H35ClFN3O2. The number of carbonyl (C=O) groups is 2. The van der Waals surface area contributed by atoms with Crippen molar-refractivity contribution in [3.05, 3.63) is 94.5 Å². The van der Waals surface area contributed by atoms with Gasteiger partial charge in [0.2, 0.25) is 5.91 Å². The summed E-state index contributed by atoms with van der Waals surface area (Å²) in [5.41, 5.74) is 2.38. The van der Waals surface area contributed by atoms with Gasteiger partial charge < -0.3 is 14.4 Å². The van der Waals surface area contributed by atoms with Crippen LogP contribution in [0, 0.1) is 11.7 Å². The van der Waals surface area contributed by atoms with E-state index in [2.05, 4.69) is 18.4 Å². The third kappa shape index (κ3) is 7.69. The Morgan fingerprint density at radius 1 is 1.00 bits per heavy atom. The number of halogens is 2. The summed E-state index contributed by atoms with van der Waals surface area (Å²) < 4.78 is 15.5. The molecule has 0 atom stereocenters. The van der Waals surface area contributed by atoms with Crippen LogP contribution in [0.3, 0.4) is 0 Å². The van der Waals surface area contributed by atoms with E-state index in [0.29, 0.717) is 36.8 Å². The highest BCUT2D eigenvalue weighted by molar-refractivity contribution is 6.31. The van der Waals surface area contributed by atoms with Crippen molar-refractivity contribution in [3.8, 4) is 0 Å². The summed E-state index contributed by atoms with van der Waals surface area (Å²) in [4.78, 5) is 30.1. The van der Waals surface area contributed by atoms with Gasteiger partial charge in [-0.15, -0.1) is 0 Å². The van der Waals surface area contributed by atoms with E-state index in [-0.39, 0.29) is 24.3 Å². The second-order valence-electron chi connectivity index (χ2n) is 9.47. The van der Waals surface area contributed by atoms with Gasteiger partial charge in [-0.25, -0.2) is 4.39 Å². The maximum atomic E-state index is 13.5. The van der Waals surface area contributed by atoms with Crippen molar-refractivity contribution in [1.29, 1.82) is 0 Å². The monoisotopic (exact) mass is 511 g/mol. The van der Waals surface area contributed by atoms with Gasteiger partial charge in [0.05, 0.1) is 6.54 Å². The number of hydrogen-bond donors (Lipinski definition) is 0. The smallest absolute Gasteiger partial charge is 0.254 e. The van der Waals surface area contributed by atoms with Crippen molar-refractivity contribution in [2.45, 2.75) is 46.7 Å². The minimum atomic E-state index is -0.398. The van der Waals surface area contributed by atoms with E-state index in [4.69, 9.17) is 11.6 Å². The Labute approximate surface area is 218 Å². The van der Waals surface area contributed by atoms with Crippen LogP contribution in [0.2, 0.25) is 5.02 Å². The molecule has 0 spiro atoms. The van der Waals surface area contributed by atoms with Gasteiger partial charge >= 0.3 is 0 Å². The molecule has 0 aliphatic rings. The molecule has 3 aromatic rings. The number of carbonyl (C=O) groups excluding carboxylic acids is 2. The summed E-state index contributed by atoms with van der Waals surface area (Å²) in [6.07, 6.45) is 3.67. The maximum Gasteiger partial charge on any atom is 0.254 e. The SMILES string of the molecule is CCCCN(CC(=O)N(Cc1cccn1Cc1ccccc1Cl)CC(C)C)C(=O)c1ccc(F)cc1. The van der Waals surface area contributed by atoms with Crippen LogP contribution in [0.4, 0.5) is 4.39 Å². The highest BCUT2D eigenvalue weighted by Gasteiger charge is 2.23. The maximum absolute atomic E-state index is 13.5. The first kappa shape index (κ1) is 27.5. The first-order chi connectivity index (χ1) is 17.3. The number of nitrogens with zero attached hydrogens (tertiary/aromatic N) is 3. The Hall–Kier alpha value is -3.12. The lowest BCUT2D eigenvalue weighted by Crippen LogP contribution is -2.44. The van der Waals surface area contributed by atoms with E-state index < -0.39 is 5.82 Å². The van der Waals surface area contributed by atoms with Gasteiger partial charge in [-0.1, -0.05) is 57.0 Å². The summed E-state index contributed by atoms with van der Waals surface area (Å²) in [5, 5.41) is 0.707. The summed E-state index contributed by atoms with van der Waals surface area (Å²) in [6.45, 7) is 8.25. The molecule has 0 bridgehead atoms. The van der Waals surface area contributed by atoms with E-state index >= 15 is 0 Å². The molecule has 36 heavy (non-hydrogen) atoms. The zero-order chi connectivity index (χ0) is 26.1. The highest BCUT2D eigenvalue weighted by Crippen LogP contribution is 2.19. The first-order valence-electron chi connectivity index (χ1n) is 12.5. The fraction of sp³-hybridized carbons (Fsp3) is 0.379. The topological polar surface area (TPSA) is 45.6 Å². The van der Waals surface area contributed by atoms with Crippen LogP contribution in [0.5, 0.6) is 0 Å². The minimum Gasteiger partial charge on any atom is -0.345 e. The van der Waals surface area contributed by atoms with Crippen LogP contribution >= 0.6 is 11.6 Å². The second-order valence-corrected chi connectivity index (χ2v) is 9.88. The average molecular weight is 512 g/mol. The molecular weight excluding hydrogens is 477 g/mol. The van der Waals surface area contributed by atoms with Gasteiger partial charge in [-0.2, -0.15) is 0 Å². The van der Waals surface area contributed by atoms with Crippen molar-refractivity contribution in [3.63, 3.8) is 0 Å². The Morgan fingerprint density at radius 2 is 1.72 bits per heavy atom. The molecule has 0 aliphatic heterocycles. The highest BCUT2D eigenvalue weighted by atomic mass is 35.5. The Morgan fingerprint density at radius 3 is 2.39 bits per heavy atom. The van der Waals surface area contributed by atoms with Crippen LogP contribution < -0.4 is 0 Å². The molecule has 5 nitrogen and oxygen atoms in total. The molecule has 0 fully saturated rings. The number of rotatable bonds is 12. The van der Waals surface area contributed by atoms with E-state index in [1.165, 1.54) is 24.3 Å². The lowest BCUT2D eigenvalue weighted by molar-refractivity contribution is -0.133. The fourth-order valence-corrected chi connectivity index (χ4v) is 4.28. The minimum absolute atomic E-state index is 0.0197. The van der Waals surface area contributed by atoms with Crippen LogP contribution in [-0.4, -0.2) is 45.8 Å². The number of aromatic nitrogens is 1. The van der Waals surface area contributed by atoms with Crippen LogP contribution in [0.25, 0.3) is 0 Å². The zero-order valence-electron chi connectivity index (χ0n) is 21.3. The van der Waals surface area contributed by atoms with Gasteiger partial charge in [-0.3, -0.25) is 9.59 Å². The molecule has 3 rings (SSSR count). The zero-order valence-corrected chi connectivity index (χ0v) is 22.0. The first-order valence-corrected chi connectivity index (χ1v) is 12.9. The third-order valence-electron chi connectivity index (χ3n) is 6.00. The Kier molecular flexibility index (Phi) is 10.1. The summed E-state index contributed by atoms with van der Waals surface area (Å²) in [5.74, 6) is -0.507. The van der Waals surface area contributed by atoms with Gasteiger partial charge in [0.1, 0.15) is 12.4 Å². The quantitative estimate of drug-likeness (QED) is 0.288. The molecule has 1 heterocycles. The van der Waals surface area contributed by atoms with E-state index in [1.54, 1.807) is 4.90 Å². The predicted octanol–water partition coefficient (Wildman–Crippen LogP) is 6.26. The molecule has 0 saturated carbocycles. The molecule has 0 radical (unpaired) electrons. The van der Waals surface area contributed by atoms with Gasteiger partial charge in [0, 0.05) is 42.1 Å². The van der Waals surface area contributed by atoms with E-state index in [1.807, 2.05) is 54.4 Å². The molecule has 0 N–H and O–H groups in total. The summed E-state index contributed by atoms with van der Waals surface area (Å²) in [7, 11) is 0. The van der Waals surface area contributed by atoms with Crippen molar-refractivity contribution in [2.75, 3.05) is 19.6 Å². The molecule has 0 aliphatic carbocycles. The lowest BCUT2D eigenvalue weighted by Gasteiger charge is -2.29. The van der Waals surface area contributed by atoms with Crippen molar-refractivity contribution < 1.29 is 14.0 Å². The van der Waals surface area contributed by atoms with Gasteiger partial charge in [0.25, 0.3) is 5.91 Å². The molecule has 1 aromatic heterocycles. The van der Waals surface area contributed by atoms with Crippen LogP contribution in [-0.2, 0) is 17.9 Å². The molecule has 192 valence electrons. The predicted molar refractivity (Wildman–Crippen MR) is 142 cm³/mol. The lowest BCUT2D eigenvalue weighted by atomic mass is 10.1. The molecule has 7 heteroatoms. The van der Waals surface area contributed by atoms with Crippen molar-refractivity contribution in [2.24, 2.45) is 5.92 Å². The molecule has 0 saturated heterocycles. The Balaban J connectivity index is 1.78. The second kappa shape index (κ2) is 13.3. The van der Waals surface area contributed by atoms with E-state index in [9.17, 15) is 14.0 Å². The number of unbranched alkanes of at least 4 members (excludes halogenated alkanes) is 1. The van der Waals surface area contributed by atoms with Crippen LogP contribution in [0.15, 0.2) is 66.9 Å². The average Bonchev–Trinajstić information content (AvgIpc) is 3.29.